The number of nitro groups is 2. The molecular formula is C24H20K2N2Na2O10. The molecule has 4 aromatic carbocycles. The van der Waals surface area contributed by atoms with Crippen molar-refractivity contribution in [3.8, 4) is 0 Å². The molecule has 2 unspecified atom stereocenters. The van der Waals surface area contributed by atoms with Crippen LogP contribution in [0.1, 0.15) is 0 Å². The summed E-state index contributed by atoms with van der Waals surface area (Å²) in [4.78, 5) is 39.4. The minimum absolute atomic E-state index is 0. The van der Waals surface area contributed by atoms with Gasteiger partial charge in [-0.2, -0.15) is 0 Å². The summed E-state index contributed by atoms with van der Waals surface area (Å²) in [7, 11) is 0. The second-order valence-electron chi connectivity index (χ2n) is 7.10. The Kier molecular flexibility index (Phi) is 25.5. The van der Waals surface area contributed by atoms with Crippen molar-refractivity contribution in [1.29, 1.82) is 0 Å². The molecule has 0 aliphatic carbocycles. The summed E-state index contributed by atoms with van der Waals surface area (Å²) >= 11 is 0. The van der Waals surface area contributed by atoms with E-state index in [9.17, 15) is 40.0 Å². The molecule has 12 nitrogen and oxygen atoms in total. The molecule has 0 spiro atoms. The van der Waals surface area contributed by atoms with Crippen LogP contribution in [-0.4, -0.2) is 103 Å². The van der Waals surface area contributed by atoms with E-state index < -0.39 is 24.1 Å². The van der Waals surface area contributed by atoms with Gasteiger partial charge in [0.1, 0.15) is 12.2 Å². The summed E-state index contributed by atoms with van der Waals surface area (Å²) in [5.74, 6) is -4.12. The van der Waals surface area contributed by atoms with Crippen LogP contribution in [-0.2, 0) is 9.59 Å². The Morgan fingerprint density at radius 2 is 0.850 bits per heavy atom. The van der Waals surface area contributed by atoms with Crippen LogP contribution in [0, 0.1) is 20.2 Å². The van der Waals surface area contributed by atoms with Crippen LogP contribution in [0.5, 0.6) is 0 Å². The van der Waals surface area contributed by atoms with Gasteiger partial charge in [-0.3, -0.25) is 20.2 Å². The van der Waals surface area contributed by atoms with Crippen molar-refractivity contribution in [2.24, 2.45) is 0 Å². The van der Waals surface area contributed by atoms with E-state index in [2.05, 4.69) is 0 Å². The molecule has 0 aliphatic heterocycles. The minimum atomic E-state index is -2.44. The average Bonchev–Trinajstić information content (AvgIpc) is 2.87. The standard InChI is InChI=1S/2C10H7NO2.C4H6O6.2K.2Na.2H/c2*12-11(13)10-6-5-8-3-1-2-4-9(8)7-10;5-1(3(7)8)2(6)4(9)10;;;;;;/h2*1-7H;1-2,5-6H,(H,7,8)(H,9,10);;;;;;/q;;;2*+1;;;;/p-2. The number of carbonyl (C=O) groups excluding carboxylic acids is 2. The normalized spacial score (nSPS) is 10.6. The molecule has 0 bridgehead atoms. The zero-order valence-electron chi connectivity index (χ0n) is 20.3. The maximum absolute atomic E-state index is 10.5. The quantitative estimate of drug-likeness (QED) is 0.123. The van der Waals surface area contributed by atoms with Gasteiger partial charge in [-0.25, -0.2) is 0 Å². The zero-order chi connectivity index (χ0) is 26.8. The van der Waals surface area contributed by atoms with Crippen LogP contribution in [0.3, 0.4) is 0 Å². The molecular weight excluding hydrogens is 600 g/mol. The fourth-order valence-electron chi connectivity index (χ4n) is 2.84. The van der Waals surface area contributed by atoms with Crippen LogP contribution < -0.4 is 113 Å². The van der Waals surface area contributed by atoms with Crippen molar-refractivity contribution in [2.45, 2.75) is 12.2 Å². The molecule has 16 heteroatoms. The van der Waals surface area contributed by atoms with E-state index >= 15 is 0 Å². The van der Waals surface area contributed by atoms with Crippen LogP contribution in [0.2, 0.25) is 0 Å². The molecule has 40 heavy (non-hydrogen) atoms. The first-order valence-electron chi connectivity index (χ1n) is 10.1. The van der Waals surface area contributed by atoms with E-state index in [1.807, 2.05) is 48.5 Å². The fraction of sp³-hybridized carbons (Fsp3) is 0.0833. The molecule has 4 aromatic rings. The number of carboxylic acid groups (broad SMARTS) is 2. The number of benzene rings is 4. The molecule has 0 heterocycles. The number of non-ortho nitro benzene ring substituents is 2. The van der Waals surface area contributed by atoms with Crippen molar-refractivity contribution < 1.29 is 143 Å². The molecule has 190 valence electrons. The Morgan fingerprint density at radius 1 is 0.575 bits per heavy atom. The first-order chi connectivity index (χ1) is 17.0. The number of carbonyl (C=O) groups is 2. The zero-order valence-corrected chi connectivity index (χ0v) is 26.5. The number of carboxylic acids is 2. The van der Waals surface area contributed by atoms with Crippen molar-refractivity contribution in [2.75, 3.05) is 0 Å². The Balaban J connectivity index is -0.000000495. The summed E-state index contributed by atoms with van der Waals surface area (Å²) in [6.45, 7) is 0. The summed E-state index contributed by atoms with van der Waals surface area (Å²) < 4.78 is 0. The Labute approximate surface area is 357 Å². The number of fused-ring (bicyclic) bond motifs is 2. The Hall–Kier alpha value is 0.333. The van der Waals surface area contributed by atoms with E-state index in [0.717, 1.165) is 21.5 Å². The van der Waals surface area contributed by atoms with Gasteiger partial charge in [-0.15, -0.1) is 0 Å². The van der Waals surface area contributed by atoms with Gasteiger partial charge in [0.05, 0.1) is 21.8 Å². The molecule has 2 atom stereocenters. The number of nitro benzene ring substituents is 2. The maximum atomic E-state index is 10.5. The molecule has 4 rings (SSSR count). The van der Waals surface area contributed by atoms with Crippen molar-refractivity contribution in [3.63, 3.8) is 0 Å². The average molecular weight is 621 g/mol. The van der Waals surface area contributed by atoms with Crippen LogP contribution >= 0.6 is 0 Å². The van der Waals surface area contributed by atoms with Gasteiger partial charge >= 0.3 is 162 Å². The van der Waals surface area contributed by atoms with Gasteiger partial charge in [0.15, 0.2) is 0 Å². The number of aliphatic hydroxyl groups is 2. The SMILES string of the molecule is O=C([O-])C(O)C(O)C(=O)[O-].O=[N+]([O-])c1ccc2ccccc2c1.O=[N+]([O-])c1ccc2ccccc2c1.[K+].[K+].[NaH].[NaH]. The molecule has 0 saturated carbocycles. The van der Waals surface area contributed by atoms with Gasteiger partial charge in [-0.05, 0) is 33.7 Å². The number of aliphatic carboxylic acids is 2. The fourth-order valence-corrected chi connectivity index (χ4v) is 2.84. The van der Waals surface area contributed by atoms with Crippen LogP contribution in [0.4, 0.5) is 11.4 Å². The number of hydrogen-bond donors (Lipinski definition) is 2. The van der Waals surface area contributed by atoms with Crippen molar-refractivity contribution >= 4 is 104 Å². The molecule has 0 fully saturated rings. The molecule has 0 saturated heterocycles. The van der Waals surface area contributed by atoms with E-state index in [0.29, 0.717) is 0 Å². The number of nitrogens with zero attached hydrogens (tertiary/aromatic N) is 2. The van der Waals surface area contributed by atoms with Crippen LogP contribution in [0.25, 0.3) is 21.5 Å². The van der Waals surface area contributed by atoms with Crippen LogP contribution in [0.15, 0.2) is 84.9 Å². The topological polar surface area (TPSA) is 207 Å². The summed E-state index contributed by atoms with van der Waals surface area (Å²) in [6, 6.07) is 24.8. The second kappa shape index (κ2) is 22.8. The van der Waals surface area contributed by atoms with Gasteiger partial charge < -0.3 is 30.0 Å². The number of hydrogen-bond acceptors (Lipinski definition) is 10. The van der Waals surface area contributed by atoms with Gasteiger partial charge in [-0.1, -0.05) is 48.5 Å². The summed E-state index contributed by atoms with van der Waals surface area (Å²) in [6.07, 6.45) is -4.88. The number of aliphatic hydroxyl groups excluding tert-OH is 2. The predicted octanol–water partition coefficient (Wildman–Crippen LogP) is -6.58. The van der Waals surface area contributed by atoms with Crippen molar-refractivity contribution in [3.05, 3.63) is 105 Å². The third kappa shape index (κ3) is 14.7. The summed E-state index contributed by atoms with van der Waals surface area (Å²) in [5.41, 5.74) is 0.275. The van der Waals surface area contributed by atoms with E-state index in [1.165, 1.54) is 12.1 Å². The molecule has 0 aliphatic rings. The monoisotopic (exact) mass is 620 g/mol. The van der Waals surface area contributed by atoms with Crippen molar-refractivity contribution in [1.82, 2.24) is 0 Å². The van der Waals surface area contributed by atoms with Gasteiger partial charge in [0, 0.05) is 24.3 Å². The first-order valence-corrected chi connectivity index (χ1v) is 10.1. The third-order valence-corrected chi connectivity index (χ3v) is 4.67. The first kappa shape index (κ1) is 44.8. The van der Waals surface area contributed by atoms with E-state index in [4.69, 9.17) is 10.2 Å². The molecule has 0 amide bonds. The molecule has 0 radical (unpaired) electrons. The second-order valence-corrected chi connectivity index (χ2v) is 7.10. The third-order valence-electron chi connectivity index (χ3n) is 4.67. The van der Waals surface area contributed by atoms with Gasteiger partial charge in [0.25, 0.3) is 11.4 Å². The van der Waals surface area contributed by atoms with E-state index in [-0.39, 0.29) is 183 Å². The van der Waals surface area contributed by atoms with E-state index in [1.54, 1.807) is 24.3 Å². The predicted molar refractivity (Wildman–Crippen MR) is 138 cm³/mol. The molecule has 2 N–H and O–H groups in total. The van der Waals surface area contributed by atoms with Gasteiger partial charge in [0.2, 0.25) is 0 Å². The summed E-state index contributed by atoms with van der Waals surface area (Å²) in [5, 5.41) is 60.5. The Morgan fingerprint density at radius 3 is 1.10 bits per heavy atom. The Bertz CT molecular complexity index is 1320. The number of rotatable bonds is 5. The molecule has 0 aromatic heterocycles.